The Kier molecular flexibility index (Phi) is 4.94. The molecule has 0 spiro atoms. The fourth-order valence-corrected chi connectivity index (χ4v) is 6.76. The van der Waals surface area contributed by atoms with Gasteiger partial charge in [-0.15, -0.1) is 0 Å². The molecule has 1 heteroatoms. The molecule has 3 atom stereocenters. The first kappa shape index (κ1) is 16.8. The van der Waals surface area contributed by atoms with Crippen molar-refractivity contribution in [3.63, 3.8) is 0 Å². The van der Waals surface area contributed by atoms with Crippen LogP contribution < -0.4 is 0 Å². The Labute approximate surface area is 155 Å². The van der Waals surface area contributed by atoms with E-state index in [0.29, 0.717) is 5.54 Å². The molecule has 1 saturated carbocycles. The van der Waals surface area contributed by atoms with Crippen LogP contribution in [0.4, 0.5) is 0 Å². The summed E-state index contributed by atoms with van der Waals surface area (Å²) >= 11 is 0. The van der Waals surface area contributed by atoms with E-state index in [0.717, 1.165) is 27.3 Å². The summed E-state index contributed by atoms with van der Waals surface area (Å²) in [6.07, 6.45) is 9.27. The van der Waals surface area contributed by atoms with Crippen LogP contribution in [-0.2, 0) is 0 Å². The van der Waals surface area contributed by atoms with Crippen molar-refractivity contribution >= 4 is 9.52 Å². The van der Waals surface area contributed by atoms with Crippen LogP contribution in [0.15, 0.2) is 60.7 Å². The number of allylic oxidation sites excluding steroid dienone is 2. The lowest BCUT2D eigenvalue weighted by atomic mass is 9.91. The summed E-state index contributed by atoms with van der Waals surface area (Å²) in [5.41, 5.74) is 6.50. The van der Waals surface area contributed by atoms with E-state index in [1.165, 1.54) is 47.6 Å². The normalized spacial score (nSPS) is 24.4. The van der Waals surface area contributed by atoms with E-state index in [-0.39, 0.29) is 0 Å². The summed E-state index contributed by atoms with van der Waals surface area (Å²) in [6.45, 7) is 4.54. The molecule has 0 heterocycles. The first-order chi connectivity index (χ1) is 12.2. The minimum absolute atomic E-state index is 0.566. The number of benzene rings is 2. The summed E-state index contributed by atoms with van der Waals surface area (Å²) in [5, 5.41) is 0. The van der Waals surface area contributed by atoms with Crippen molar-refractivity contribution in [1.29, 1.82) is 0 Å². The summed E-state index contributed by atoms with van der Waals surface area (Å²) in [5.74, 6) is 2.75. The molecule has 4 rings (SSSR count). The largest absolute Gasteiger partial charge is 0.0851 e. The Hall–Kier alpha value is -1.60. The van der Waals surface area contributed by atoms with Gasteiger partial charge in [0.15, 0.2) is 0 Å². The van der Waals surface area contributed by atoms with E-state index in [1.807, 2.05) is 0 Å². The topological polar surface area (TPSA) is 0 Å². The number of aryl methyl sites for hydroxylation is 2. The van der Waals surface area contributed by atoms with Crippen molar-refractivity contribution in [1.82, 2.24) is 0 Å². The van der Waals surface area contributed by atoms with Crippen LogP contribution in [-0.4, -0.2) is 9.52 Å². The van der Waals surface area contributed by atoms with Gasteiger partial charge in [-0.25, -0.2) is 0 Å². The van der Waals surface area contributed by atoms with Gasteiger partial charge in [0.05, 0.1) is 9.52 Å². The lowest BCUT2D eigenvalue weighted by molar-refractivity contribution is 0.433. The molecule has 128 valence electrons. The highest BCUT2D eigenvalue weighted by Gasteiger charge is 2.35. The van der Waals surface area contributed by atoms with Crippen molar-refractivity contribution in [3.05, 3.63) is 82.9 Å². The van der Waals surface area contributed by atoms with Gasteiger partial charge >= 0.3 is 0 Å². The van der Waals surface area contributed by atoms with Gasteiger partial charge in [-0.1, -0.05) is 73.1 Å². The minimum Gasteiger partial charge on any atom is -0.0851 e. The molecule has 0 aromatic heterocycles. The molecule has 0 amide bonds. The summed E-state index contributed by atoms with van der Waals surface area (Å²) in [4.78, 5) is 0. The van der Waals surface area contributed by atoms with Crippen LogP contribution in [0, 0.1) is 31.6 Å². The molecule has 1 fully saturated rings. The number of hydrogen-bond acceptors (Lipinski definition) is 0. The summed E-state index contributed by atoms with van der Waals surface area (Å²) in [7, 11) is 0.979. The molecule has 2 aliphatic rings. The molecule has 2 aromatic carbocycles. The Morgan fingerprint density at radius 1 is 0.880 bits per heavy atom. The lowest BCUT2D eigenvalue weighted by Gasteiger charge is -2.23. The van der Waals surface area contributed by atoms with Crippen LogP contribution in [0.25, 0.3) is 0 Å². The fraction of sp³-hybridized carbons (Fsp3) is 0.417. The second kappa shape index (κ2) is 7.33. The van der Waals surface area contributed by atoms with Crippen LogP contribution in [0.5, 0.6) is 0 Å². The van der Waals surface area contributed by atoms with Gasteiger partial charge in [0.25, 0.3) is 0 Å². The van der Waals surface area contributed by atoms with E-state index in [4.69, 9.17) is 0 Å². The van der Waals surface area contributed by atoms with Crippen LogP contribution in [0.2, 0.25) is 6.04 Å². The van der Waals surface area contributed by atoms with Gasteiger partial charge in [-0.3, -0.25) is 0 Å². The first-order valence-electron chi connectivity index (χ1n) is 9.75. The first-order valence-corrected chi connectivity index (χ1v) is 11.0. The predicted molar refractivity (Wildman–Crippen MR) is 108 cm³/mol. The van der Waals surface area contributed by atoms with Crippen molar-refractivity contribution < 1.29 is 0 Å². The predicted octanol–water partition coefficient (Wildman–Crippen LogP) is 6.12. The highest BCUT2D eigenvalue weighted by Crippen LogP contribution is 2.45. The number of fused-ring (bicyclic) bond motifs is 2. The molecule has 0 nitrogen and oxygen atoms in total. The smallest absolute Gasteiger partial charge is 0.0535 e. The molecule has 2 bridgehead atoms. The highest BCUT2D eigenvalue weighted by molar-refractivity contribution is 6.39. The van der Waals surface area contributed by atoms with Crippen molar-refractivity contribution in [2.24, 2.45) is 17.8 Å². The van der Waals surface area contributed by atoms with Crippen LogP contribution in [0.3, 0.4) is 0 Å². The molecule has 2 aliphatic carbocycles. The van der Waals surface area contributed by atoms with Gasteiger partial charge in [0.1, 0.15) is 0 Å². The zero-order valence-electron chi connectivity index (χ0n) is 15.4. The molecule has 0 N–H and O–H groups in total. The van der Waals surface area contributed by atoms with Crippen molar-refractivity contribution in [3.8, 4) is 0 Å². The second-order valence-corrected chi connectivity index (χ2v) is 9.41. The molecule has 25 heavy (non-hydrogen) atoms. The van der Waals surface area contributed by atoms with Crippen LogP contribution in [0.1, 0.15) is 47.1 Å². The molecule has 2 aromatic rings. The van der Waals surface area contributed by atoms with E-state index in [2.05, 4.69) is 74.5 Å². The van der Waals surface area contributed by atoms with Gasteiger partial charge in [-0.2, -0.15) is 0 Å². The highest BCUT2D eigenvalue weighted by atomic mass is 28.2. The van der Waals surface area contributed by atoms with E-state index < -0.39 is 0 Å². The van der Waals surface area contributed by atoms with Gasteiger partial charge in [0.2, 0.25) is 0 Å². The van der Waals surface area contributed by atoms with E-state index in [9.17, 15) is 0 Å². The monoisotopic (exact) mass is 344 g/mol. The van der Waals surface area contributed by atoms with Gasteiger partial charge in [-0.05, 0) is 72.2 Å². The Morgan fingerprint density at radius 2 is 1.52 bits per heavy atom. The minimum atomic E-state index is 0.566. The maximum Gasteiger partial charge on any atom is 0.0535 e. The molecule has 3 unspecified atom stereocenters. The molecule has 0 saturated heterocycles. The Morgan fingerprint density at radius 3 is 2.04 bits per heavy atom. The summed E-state index contributed by atoms with van der Waals surface area (Å²) in [6, 6.07) is 19.3. The number of hydrogen-bond donors (Lipinski definition) is 0. The van der Waals surface area contributed by atoms with E-state index >= 15 is 0 Å². The third-order valence-corrected chi connectivity index (χ3v) is 7.89. The third kappa shape index (κ3) is 3.53. The third-order valence-electron chi connectivity index (χ3n) is 6.28. The van der Waals surface area contributed by atoms with Gasteiger partial charge < -0.3 is 0 Å². The zero-order valence-corrected chi connectivity index (χ0v) is 16.4. The average Bonchev–Trinajstić information content (AvgIpc) is 3.24. The van der Waals surface area contributed by atoms with Crippen molar-refractivity contribution in [2.75, 3.05) is 0 Å². The van der Waals surface area contributed by atoms with E-state index in [1.54, 1.807) is 0 Å². The maximum absolute atomic E-state index is 2.50. The quantitative estimate of drug-likeness (QED) is 0.437. The SMILES string of the molecule is Cc1ccccc1C([Si]CCC1CC2C=CC1C2)c1ccccc1C. The maximum atomic E-state index is 2.50. The Balaban J connectivity index is 1.51. The standard InChI is InChI=1S/C24H28Si/c1-17-7-3-5-9-22(17)24(23-10-6-4-8-18(23)2)25-14-13-21-16-19-11-12-20(21)15-19/h3-12,19-21,24H,13-16H2,1-2H3. The van der Waals surface area contributed by atoms with Crippen molar-refractivity contribution in [2.45, 2.75) is 44.7 Å². The number of rotatable bonds is 6. The molecule has 2 radical (unpaired) electrons. The second-order valence-electron chi connectivity index (χ2n) is 7.93. The lowest BCUT2D eigenvalue weighted by Crippen LogP contribution is -2.15. The average molecular weight is 345 g/mol. The molecular formula is C24H28Si. The van der Waals surface area contributed by atoms with Gasteiger partial charge in [0, 0.05) is 0 Å². The van der Waals surface area contributed by atoms with Crippen LogP contribution >= 0.6 is 0 Å². The fourth-order valence-electron chi connectivity index (χ4n) is 4.85. The zero-order chi connectivity index (χ0) is 17.2. The summed E-state index contributed by atoms with van der Waals surface area (Å²) < 4.78 is 0. The molecule has 0 aliphatic heterocycles. The molecular weight excluding hydrogens is 316 g/mol. The Bertz CT molecular complexity index is 715.